The number of hydrogen-bond acceptors (Lipinski definition) is 4. The van der Waals surface area contributed by atoms with Crippen molar-refractivity contribution >= 4 is 11.7 Å². The van der Waals surface area contributed by atoms with Gasteiger partial charge < -0.3 is 14.8 Å². The molecular formula is C23H31NO4. The summed E-state index contributed by atoms with van der Waals surface area (Å²) in [5.41, 5.74) is 2.44. The SMILES string of the molecule is CCOCCCc1ccc2c(c1)C1(NC(=O)CC1=O)C1(CCC(OC)CC1)C2. The molecule has 5 heteroatoms. The summed E-state index contributed by atoms with van der Waals surface area (Å²) in [5, 5.41) is 3.18. The fourth-order valence-corrected chi connectivity index (χ4v) is 5.77. The van der Waals surface area contributed by atoms with E-state index >= 15 is 0 Å². The van der Waals surface area contributed by atoms with Crippen LogP contribution in [-0.4, -0.2) is 38.1 Å². The highest BCUT2D eigenvalue weighted by atomic mass is 16.5. The number of hydrogen-bond donors (Lipinski definition) is 1. The third kappa shape index (κ3) is 3.00. The van der Waals surface area contributed by atoms with E-state index in [1.165, 1.54) is 11.1 Å². The van der Waals surface area contributed by atoms with Crippen molar-refractivity contribution in [1.29, 1.82) is 0 Å². The van der Waals surface area contributed by atoms with Crippen molar-refractivity contribution in [2.24, 2.45) is 5.41 Å². The van der Waals surface area contributed by atoms with Crippen LogP contribution >= 0.6 is 0 Å². The second kappa shape index (κ2) is 7.60. The second-order valence-corrected chi connectivity index (χ2v) is 8.58. The molecule has 1 unspecified atom stereocenters. The zero-order chi connectivity index (χ0) is 19.8. The van der Waals surface area contributed by atoms with E-state index in [4.69, 9.17) is 9.47 Å². The Morgan fingerprint density at radius 1 is 1.21 bits per heavy atom. The average molecular weight is 386 g/mol. The number of aryl methyl sites for hydroxylation is 1. The Kier molecular flexibility index (Phi) is 5.32. The van der Waals surface area contributed by atoms with E-state index in [1.807, 2.05) is 6.92 Å². The van der Waals surface area contributed by atoms with Crippen LogP contribution < -0.4 is 5.32 Å². The molecule has 0 bridgehead atoms. The van der Waals surface area contributed by atoms with Crippen molar-refractivity contribution in [3.05, 3.63) is 34.9 Å². The number of ether oxygens (including phenoxy) is 2. The van der Waals surface area contributed by atoms with E-state index in [9.17, 15) is 9.59 Å². The number of amides is 1. The zero-order valence-electron chi connectivity index (χ0n) is 17.0. The Labute approximate surface area is 167 Å². The molecule has 1 heterocycles. The lowest BCUT2D eigenvalue weighted by Crippen LogP contribution is -2.56. The van der Waals surface area contributed by atoms with Crippen molar-refractivity contribution < 1.29 is 19.1 Å². The lowest BCUT2D eigenvalue weighted by molar-refractivity contribution is -0.129. The quantitative estimate of drug-likeness (QED) is 0.604. The Balaban J connectivity index is 1.68. The molecule has 1 aliphatic heterocycles. The largest absolute Gasteiger partial charge is 0.382 e. The fourth-order valence-electron chi connectivity index (χ4n) is 5.77. The lowest BCUT2D eigenvalue weighted by atomic mass is 9.60. The van der Waals surface area contributed by atoms with Gasteiger partial charge in [-0.2, -0.15) is 0 Å². The second-order valence-electron chi connectivity index (χ2n) is 8.58. The first-order valence-corrected chi connectivity index (χ1v) is 10.6. The van der Waals surface area contributed by atoms with Gasteiger partial charge in [0.25, 0.3) is 0 Å². The summed E-state index contributed by atoms with van der Waals surface area (Å²) in [6.07, 6.45) is 6.70. The van der Waals surface area contributed by atoms with Crippen LogP contribution in [-0.2, 0) is 37.4 Å². The number of ketones is 1. The Morgan fingerprint density at radius 2 is 2.00 bits per heavy atom. The van der Waals surface area contributed by atoms with Gasteiger partial charge in [-0.05, 0) is 68.6 Å². The molecule has 1 aromatic carbocycles. The van der Waals surface area contributed by atoms with E-state index < -0.39 is 5.54 Å². The molecule has 1 saturated carbocycles. The zero-order valence-corrected chi connectivity index (χ0v) is 17.0. The van der Waals surface area contributed by atoms with Crippen LogP contribution in [0.4, 0.5) is 0 Å². The summed E-state index contributed by atoms with van der Waals surface area (Å²) in [7, 11) is 1.76. The number of benzene rings is 1. The van der Waals surface area contributed by atoms with Crippen molar-refractivity contribution in [1.82, 2.24) is 5.32 Å². The summed E-state index contributed by atoms with van der Waals surface area (Å²) in [6, 6.07) is 6.55. The number of fused-ring (bicyclic) bond motifs is 3. The van der Waals surface area contributed by atoms with Gasteiger partial charge in [0.1, 0.15) is 5.54 Å². The number of nitrogens with one attached hydrogen (secondary N) is 1. The molecule has 3 aliphatic rings. The minimum Gasteiger partial charge on any atom is -0.382 e. The molecule has 2 fully saturated rings. The summed E-state index contributed by atoms with van der Waals surface area (Å²) >= 11 is 0. The number of carbonyl (C=O) groups is 2. The van der Waals surface area contributed by atoms with Crippen LogP contribution in [0.1, 0.15) is 62.1 Å². The number of rotatable bonds is 6. The topological polar surface area (TPSA) is 64.6 Å². The highest BCUT2D eigenvalue weighted by Gasteiger charge is 2.65. The number of Topliss-reactive ketones (excluding diaryl/α,β-unsaturated/α-hetero) is 1. The third-order valence-corrected chi connectivity index (χ3v) is 7.15. The molecule has 0 radical (unpaired) electrons. The molecule has 1 atom stereocenters. The maximum Gasteiger partial charge on any atom is 0.228 e. The van der Waals surface area contributed by atoms with E-state index in [0.717, 1.165) is 63.7 Å². The van der Waals surface area contributed by atoms with Crippen molar-refractivity contribution in [2.75, 3.05) is 20.3 Å². The van der Waals surface area contributed by atoms with Crippen LogP contribution in [0, 0.1) is 5.41 Å². The molecule has 4 rings (SSSR count). The summed E-state index contributed by atoms with van der Waals surface area (Å²) in [5.74, 6) is -0.0774. The highest BCUT2D eigenvalue weighted by Crippen LogP contribution is 2.59. The summed E-state index contributed by atoms with van der Waals surface area (Å²) in [6.45, 7) is 3.49. The van der Waals surface area contributed by atoms with Gasteiger partial charge in [0.2, 0.25) is 5.91 Å². The molecule has 2 aliphatic carbocycles. The van der Waals surface area contributed by atoms with E-state index in [0.29, 0.717) is 0 Å². The van der Waals surface area contributed by atoms with Crippen molar-refractivity contribution in [3.8, 4) is 0 Å². The van der Waals surface area contributed by atoms with Gasteiger partial charge in [0.15, 0.2) is 5.78 Å². The first-order chi connectivity index (χ1) is 13.5. The van der Waals surface area contributed by atoms with Crippen LogP contribution in [0.15, 0.2) is 18.2 Å². The normalized spacial score (nSPS) is 31.6. The Hall–Kier alpha value is -1.72. The standard InChI is InChI=1S/C23H31NO4/c1-3-28-12-4-5-16-6-7-17-15-22(10-8-18(27-2)9-11-22)23(19(17)13-16)20(25)14-21(26)24-23/h6-7,13,18H,3-5,8-12,14-15H2,1-2H3,(H,24,26). The first-order valence-electron chi connectivity index (χ1n) is 10.6. The van der Waals surface area contributed by atoms with Gasteiger partial charge in [-0.3, -0.25) is 9.59 Å². The van der Waals surface area contributed by atoms with Gasteiger partial charge in [0, 0.05) is 25.7 Å². The molecule has 1 saturated heterocycles. The van der Waals surface area contributed by atoms with Crippen LogP contribution in [0.2, 0.25) is 0 Å². The molecule has 28 heavy (non-hydrogen) atoms. The maximum absolute atomic E-state index is 13.3. The Bertz CT molecular complexity index is 766. The molecule has 152 valence electrons. The molecule has 1 amide bonds. The summed E-state index contributed by atoms with van der Waals surface area (Å²) < 4.78 is 11.0. The molecular weight excluding hydrogens is 354 g/mol. The van der Waals surface area contributed by atoms with Gasteiger partial charge in [-0.25, -0.2) is 0 Å². The van der Waals surface area contributed by atoms with Gasteiger partial charge in [-0.1, -0.05) is 18.2 Å². The van der Waals surface area contributed by atoms with E-state index in [2.05, 4.69) is 23.5 Å². The predicted molar refractivity (Wildman–Crippen MR) is 106 cm³/mol. The van der Waals surface area contributed by atoms with Gasteiger partial charge in [0.05, 0.1) is 12.5 Å². The molecule has 2 spiro atoms. The predicted octanol–water partition coefficient (Wildman–Crippen LogP) is 3.07. The van der Waals surface area contributed by atoms with Gasteiger partial charge in [-0.15, -0.1) is 0 Å². The van der Waals surface area contributed by atoms with Crippen molar-refractivity contribution in [2.45, 2.75) is 69.9 Å². The molecule has 1 N–H and O–H groups in total. The Morgan fingerprint density at radius 3 is 2.64 bits per heavy atom. The average Bonchev–Trinajstić information content (AvgIpc) is 3.14. The third-order valence-electron chi connectivity index (χ3n) is 7.15. The fraction of sp³-hybridized carbons (Fsp3) is 0.652. The van der Waals surface area contributed by atoms with Crippen LogP contribution in [0.5, 0.6) is 0 Å². The van der Waals surface area contributed by atoms with Crippen LogP contribution in [0.25, 0.3) is 0 Å². The minimum atomic E-state index is -0.839. The molecule has 1 aromatic rings. The van der Waals surface area contributed by atoms with E-state index in [1.54, 1.807) is 7.11 Å². The van der Waals surface area contributed by atoms with E-state index in [-0.39, 0.29) is 29.6 Å². The number of methoxy groups -OCH3 is 1. The smallest absolute Gasteiger partial charge is 0.228 e. The van der Waals surface area contributed by atoms with Crippen molar-refractivity contribution in [3.63, 3.8) is 0 Å². The van der Waals surface area contributed by atoms with Crippen LogP contribution in [0.3, 0.4) is 0 Å². The molecule has 0 aromatic heterocycles. The highest BCUT2D eigenvalue weighted by molar-refractivity contribution is 6.11. The maximum atomic E-state index is 13.3. The number of carbonyl (C=O) groups excluding carboxylic acids is 2. The first kappa shape index (κ1) is 19.6. The van der Waals surface area contributed by atoms with Gasteiger partial charge >= 0.3 is 0 Å². The monoisotopic (exact) mass is 385 g/mol. The lowest BCUT2D eigenvalue weighted by Gasteiger charge is -2.47. The minimum absolute atomic E-state index is 0.00344. The summed E-state index contributed by atoms with van der Waals surface area (Å²) in [4.78, 5) is 25.6. The molecule has 5 nitrogen and oxygen atoms in total.